The topological polar surface area (TPSA) is 89.8 Å². The van der Waals surface area contributed by atoms with Gasteiger partial charge in [-0.25, -0.2) is 9.97 Å². The van der Waals surface area contributed by atoms with Crippen molar-refractivity contribution in [2.45, 2.75) is 62.9 Å². The van der Waals surface area contributed by atoms with E-state index in [-0.39, 0.29) is 5.54 Å². The number of ether oxygens (including phenoxy) is 1. The fourth-order valence-electron chi connectivity index (χ4n) is 4.22. The van der Waals surface area contributed by atoms with Crippen LogP contribution in [0.4, 0.5) is 5.95 Å². The molecule has 2 aliphatic carbocycles. The van der Waals surface area contributed by atoms with Crippen LogP contribution in [0.1, 0.15) is 56.9 Å². The molecule has 3 aliphatic rings. The average molecular weight is 384 g/mol. The van der Waals surface area contributed by atoms with Gasteiger partial charge in [-0.05, 0) is 75.9 Å². The predicted molar refractivity (Wildman–Crippen MR) is 105 cm³/mol. The molecule has 1 saturated heterocycles. The van der Waals surface area contributed by atoms with Gasteiger partial charge in [0.2, 0.25) is 5.95 Å². The van der Waals surface area contributed by atoms with E-state index in [9.17, 15) is 0 Å². The molecule has 0 spiro atoms. The van der Waals surface area contributed by atoms with Crippen LogP contribution in [0.25, 0.3) is 0 Å². The third kappa shape index (κ3) is 3.70. The summed E-state index contributed by atoms with van der Waals surface area (Å²) < 4.78 is 8.07. The fourth-order valence-corrected chi connectivity index (χ4v) is 4.22. The lowest BCUT2D eigenvalue weighted by Crippen LogP contribution is -2.35. The molecule has 0 unspecified atom stereocenters. The third-order valence-electron chi connectivity index (χ3n) is 6.57. The van der Waals surface area contributed by atoms with Crippen LogP contribution in [0.5, 0.6) is 6.01 Å². The molecule has 0 atom stereocenters. The van der Waals surface area contributed by atoms with Gasteiger partial charge < -0.3 is 15.4 Å². The summed E-state index contributed by atoms with van der Waals surface area (Å²) in [4.78, 5) is 9.07. The minimum atomic E-state index is 0.169. The summed E-state index contributed by atoms with van der Waals surface area (Å²) in [5, 5.41) is 15.0. The molecule has 3 fully saturated rings. The van der Waals surface area contributed by atoms with E-state index in [2.05, 4.69) is 42.3 Å². The number of nitrogens with one attached hydrogen (secondary N) is 2. The van der Waals surface area contributed by atoms with Gasteiger partial charge in [0.05, 0.1) is 6.61 Å². The lowest BCUT2D eigenvalue weighted by Gasteiger charge is -2.35. The number of nitrogens with zero attached hydrogens (tertiary/aromatic N) is 5. The maximum Gasteiger partial charge on any atom is 0.317 e. The Morgan fingerprint density at radius 3 is 2.68 bits per heavy atom. The molecular weight excluding hydrogens is 354 g/mol. The van der Waals surface area contributed by atoms with E-state index in [1.807, 2.05) is 12.4 Å². The third-order valence-corrected chi connectivity index (χ3v) is 6.57. The smallest absolute Gasteiger partial charge is 0.317 e. The fraction of sp³-hybridized carbons (Fsp3) is 0.700. The van der Waals surface area contributed by atoms with Crippen molar-refractivity contribution in [3.8, 4) is 6.01 Å². The van der Waals surface area contributed by atoms with Gasteiger partial charge in [0.25, 0.3) is 0 Å². The van der Waals surface area contributed by atoms with Crippen LogP contribution in [0, 0.1) is 5.92 Å². The Hall–Kier alpha value is -2.22. The minimum absolute atomic E-state index is 0.169. The first kappa shape index (κ1) is 17.8. The molecule has 2 aromatic heterocycles. The summed E-state index contributed by atoms with van der Waals surface area (Å²) in [6.45, 7) is 5.07. The van der Waals surface area contributed by atoms with Crippen LogP contribution in [-0.4, -0.2) is 50.5 Å². The molecule has 0 amide bonds. The molecule has 0 bridgehead atoms. The summed E-state index contributed by atoms with van der Waals surface area (Å²) in [6, 6.07) is 1.15. The summed E-state index contributed by atoms with van der Waals surface area (Å²) >= 11 is 0. The van der Waals surface area contributed by atoms with Gasteiger partial charge in [0.15, 0.2) is 0 Å². The normalized spacial score (nSPS) is 26.5. The van der Waals surface area contributed by atoms with Gasteiger partial charge >= 0.3 is 6.01 Å². The largest absolute Gasteiger partial charge is 0.463 e. The Morgan fingerprint density at radius 1 is 1.21 bits per heavy atom. The molecule has 150 valence electrons. The summed E-state index contributed by atoms with van der Waals surface area (Å²) in [6.07, 6.45) is 12.6. The lowest BCUT2D eigenvalue weighted by atomic mass is 9.72. The molecule has 2 N–H and O–H groups in total. The predicted octanol–water partition coefficient (Wildman–Crippen LogP) is 2.31. The van der Waals surface area contributed by atoms with Crippen molar-refractivity contribution in [1.82, 2.24) is 30.0 Å². The molecule has 1 aliphatic heterocycles. The monoisotopic (exact) mass is 383 g/mol. The summed E-state index contributed by atoms with van der Waals surface area (Å²) in [5.74, 6) is 1.86. The molecule has 5 rings (SSSR count). The van der Waals surface area contributed by atoms with Gasteiger partial charge in [0.1, 0.15) is 6.33 Å². The second kappa shape index (κ2) is 7.31. The second-order valence-corrected chi connectivity index (χ2v) is 8.83. The Bertz CT molecular complexity index is 789. The van der Waals surface area contributed by atoms with Gasteiger partial charge in [-0.1, -0.05) is 5.10 Å². The number of hydrogen-bond donors (Lipinski definition) is 2. The highest BCUT2D eigenvalue weighted by Crippen LogP contribution is 2.45. The molecule has 2 aromatic rings. The molecule has 2 saturated carbocycles. The van der Waals surface area contributed by atoms with E-state index < -0.39 is 0 Å². The van der Waals surface area contributed by atoms with Crippen molar-refractivity contribution in [3.63, 3.8) is 0 Å². The molecule has 28 heavy (non-hydrogen) atoms. The van der Waals surface area contributed by atoms with Crippen LogP contribution < -0.4 is 15.4 Å². The van der Waals surface area contributed by atoms with Crippen LogP contribution in [0.2, 0.25) is 0 Å². The second-order valence-electron chi connectivity index (χ2n) is 8.83. The Balaban J connectivity index is 1.09. The Kier molecular flexibility index (Phi) is 4.66. The summed E-state index contributed by atoms with van der Waals surface area (Å²) in [7, 11) is 0. The summed E-state index contributed by atoms with van der Waals surface area (Å²) in [5.41, 5.74) is 1.41. The number of rotatable bonds is 7. The van der Waals surface area contributed by atoms with E-state index in [0.29, 0.717) is 30.5 Å². The highest BCUT2D eigenvalue weighted by atomic mass is 16.5. The van der Waals surface area contributed by atoms with Gasteiger partial charge in [-0.2, -0.15) is 0 Å². The van der Waals surface area contributed by atoms with E-state index in [1.165, 1.54) is 18.4 Å². The Labute approximate surface area is 165 Å². The number of anilines is 1. The van der Waals surface area contributed by atoms with Gasteiger partial charge in [0, 0.05) is 24.0 Å². The zero-order chi connectivity index (χ0) is 19.0. The van der Waals surface area contributed by atoms with Crippen molar-refractivity contribution in [2.75, 3.05) is 25.0 Å². The molecule has 3 heterocycles. The van der Waals surface area contributed by atoms with Crippen molar-refractivity contribution >= 4 is 5.95 Å². The first-order valence-electron chi connectivity index (χ1n) is 10.5. The van der Waals surface area contributed by atoms with Crippen molar-refractivity contribution in [3.05, 3.63) is 24.3 Å². The zero-order valence-electron chi connectivity index (χ0n) is 16.5. The molecule has 0 aromatic carbocycles. The van der Waals surface area contributed by atoms with Crippen LogP contribution in [0.3, 0.4) is 0 Å². The quantitative estimate of drug-likeness (QED) is 0.758. The number of hydrogen-bond acceptors (Lipinski definition) is 7. The van der Waals surface area contributed by atoms with Crippen molar-refractivity contribution in [1.29, 1.82) is 0 Å². The molecule has 8 nitrogen and oxygen atoms in total. The van der Waals surface area contributed by atoms with Crippen LogP contribution in [0.15, 0.2) is 18.7 Å². The first-order valence-corrected chi connectivity index (χ1v) is 10.5. The van der Waals surface area contributed by atoms with Gasteiger partial charge in [-0.15, -0.1) is 5.10 Å². The van der Waals surface area contributed by atoms with E-state index in [4.69, 9.17) is 4.74 Å². The molecular formula is C20H29N7O. The zero-order valence-corrected chi connectivity index (χ0v) is 16.5. The van der Waals surface area contributed by atoms with Crippen molar-refractivity contribution in [2.24, 2.45) is 5.92 Å². The van der Waals surface area contributed by atoms with Crippen LogP contribution >= 0.6 is 0 Å². The highest BCUT2D eigenvalue weighted by Gasteiger charge is 2.42. The minimum Gasteiger partial charge on any atom is -0.463 e. The lowest BCUT2D eigenvalue weighted by molar-refractivity contribution is 0.142. The van der Waals surface area contributed by atoms with Crippen molar-refractivity contribution < 1.29 is 4.74 Å². The van der Waals surface area contributed by atoms with Crippen LogP contribution in [-0.2, 0) is 5.54 Å². The molecule has 0 radical (unpaired) electrons. The average Bonchev–Trinajstić information content (AvgIpc) is 3.24. The van der Waals surface area contributed by atoms with Gasteiger partial charge in [-0.3, -0.25) is 4.57 Å². The highest BCUT2D eigenvalue weighted by molar-refractivity contribution is 5.28. The maximum atomic E-state index is 5.98. The standard InChI is InChI=1S/C20H29N7O/c1-20(4-5-20)27-13-24-26-19(27)28-12-14-8-15(9-14)16-10-22-18(23-11-16)25-17-2-6-21-7-3-17/h10-11,13-15,17,21H,2-9,12H2,1H3,(H,22,23,25). The first-order chi connectivity index (χ1) is 13.7. The Morgan fingerprint density at radius 2 is 1.96 bits per heavy atom. The SMILES string of the molecule is CC1(n2cnnc2OCC2CC(c3cnc(NC4CCNCC4)nc3)C2)CC1. The molecule has 8 heteroatoms. The van der Waals surface area contributed by atoms with E-state index in [0.717, 1.165) is 44.7 Å². The number of aromatic nitrogens is 5. The van der Waals surface area contributed by atoms with E-state index in [1.54, 1.807) is 6.33 Å². The van der Waals surface area contributed by atoms with E-state index >= 15 is 0 Å². The maximum absolute atomic E-state index is 5.98. The number of piperidine rings is 1.